The van der Waals surface area contributed by atoms with Crippen LogP contribution in [0.2, 0.25) is 0 Å². The minimum Gasteiger partial charge on any atom is -0.496 e. The van der Waals surface area contributed by atoms with Crippen molar-refractivity contribution in [3.63, 3.8) is 0 Å². The van der Waals surface area contributed by atoms with Gasteiger partial charge in [-0.15, -0.1) is 0 Å². The van der Waals surface area contributed by atoms with Crippen LogP contribution in [-0.2, 0) is 21.2 Å². The second-order valence-corrected chi connectivity index (χ2v) is 8.73. The quantitative estimate of drug-likeness (QED) is 0.550. The van der Waals surface area contributed by atoms with Gasteiger partial charge in [0.05, 0.1) is 25.7 Å². The smallest absolute Gasteiger partial charge is 0.243 e. The maximum absolute atomic E-state index is 12.6. The number of benzene rings is 2. The zero-order valence-corrected chi connectivity index (χ0v) is 18.7. The van der Waals surface area contributed by atoms with E-state index in [0.717, 1.165) is 28.3 Å². The maximum Gasteiger partial charge on any atom is 0.243 e. The van der Waals surface area contributed by atoms with Crippen LogP contribution in [0.3, 0.4) is 0 Å². The van der Waals surface area contributed by atoms with E-state index in [1.54, 1.807) is 38.3 Å². The van der Waals surface area contributed by atoms with Gasteiger partial charge in [0.15, 0.2) is 0 Å². The second-order valence-electron chi connectivity index (χ2n) is 6.87. The Kier molecular flexibility index (Phi) is 8.53. The number of para-hydroxylation sites is 1. The highest BCUT2D eigenvalue weighted by Gasteiger charge is 2.28. The summed E-state index contributed by atoms with van der Waals surface area (Å²) in [7, 11) is -2.03. The summed E-state index contributed by atoms with van der Waals surface area (Å²) in [5, 5.41) is 2.83. The third kappa shape index (κ3) is 6.38. The number of aryl methyl sites for hydroxylation is 1. The molecule has 0 saturated carbocycles. The van der Waals surface area contributed by atoms with E-state index in [2.05, 4.69) is 5.32 Å². The maximum atomic E-state index is 12.6. The molecule has 0 heterocycles. The van der Waals surface area contributed by atoms with Crippen LogP contribution in [0.25, 0.3) is 0 Å². The molecule has 0 aliphatic carbocycles. The lowest BCUT2D eigenvalue weighted by molar-refractivity contribution is -0.121. The molecule has 0 aliphatic heterocycles. The summed E-state index contributed by atoms with van der Waals surface area (Å²) in [5.74, 6) is 1.11. The number of sulfonamides is 1. The molecule has 0 saturated heterocycles. The molecule has 0 aromatic heterocycles. The molecule has 2 rings (SSSR count). The molecular formula is C22H30N2O5S. The van der Waals surface area contributed by atoms with E-state index in [1.807, 2.05) is 31.2 Å². The fourth-order valence-electron chi connectivity index (χ4n) is 3.21. The molecule has 1 N–H and O–H groups in total. The lowest BCUT2D eigenvalue weighted by Crippen LogP contribution is -2.48. The molecule has 1 atom stereocenters. The Morgan fingerprint density at radius 1 is 1.13 bits per heavy atom. The van der Waals surface area contributed by atoms with Crippen molar-refractivity contribution < 1.29 is 22.7 Å². The van der Waals surface area contributed by atoms with Gasteiger partial charge in [-0.25, -0.2) is 8.42 Å². The molecule has 0 bridgehead atoms. The number of nitrogens with one attached hydrogen (secondary N) is 1. The van der Waals surface area contributed by atoms with Crippen molar-refractivity contribution in [2.75, 3.05) is 30.8 Å². The number of carbonyl (C=O) groups is 1. The van der Waals surface area contributed by atoms with Crippen LogP contribution >= 0.6 is 0 Å². The molecule has 30 heavy (non-hydrogen) atoms. The van der Waals surface area contributed by atoms with Crippen LogP contribution < -0.4 is 19.1 Å². The van der Waals surface area contributed by atoms with Gasteiger partial charge in [0, 0.05) is 6.54 Å². The predicted octanol–water partition coefficient (Wildman–Crippen LogP) is 3.00. The normalized spacial score (nSPS) is 12.1. The van der Waals surface area contributed by atoms with E-state index < -0.39 is 16.1 Å². The zero-order chi connectivity index (χ0) is 22.1. The first-order chi connectivity index (χ1) is 14.3. The van der Waals surface area contributed by atoms with Gasteiger partial charge in [-0.3, -0.25) is 9.10 Å². The fraction of sp³-hybridized carbons (Fsp3) is 0.409. The Balaban J connectivity index is 2.00. The highest BCUT2D eigenvalue weighted by molar-refractivity contribution is 7.92. The SMILES string of the molecule is CCOc1ccc(N([C@@H](C)C(=O)NCCCc2ccccc2OC)S(C)(=O)=O)cc1. The molecule has 7 nitrogen and oxygen atoms in total. The van der Waals surface area contributed by atoms with Crippen LogP contribution in [0.5, 0.6) is 11.5 Å². The van der Waals surface area contributed by atoms with E-state index in [-0.39, 0.29) is 5.91 Å². The van der Waals surface area contributed by atoms with Gasteiger partial charge in [0.1, 0.15) is 17.5 Å². The molecule has 164 valence electrons. The highest BCUT2D eigenvalue weighted by Crippen LogP contribution is 2.24. The Labute approximate surface area is 179 Å². The summed E-state index contributed by atoms with van der Waals surface area (Å²) in [6.45, 7) is 4.40. The molecule has 0 aliphatic rings. The molecular weight excluding hydrogens is 404 g/mol. The molecule has 2 aromatic carbocycles. The van der Waals surface area contributed by atoms with Gasteiger partial charge in [0.25, 0.3) is 0 Å². The van der Waals surface area contributed by atoms with Gasteiger partial charge in [-0.2, -0.15) is 0 Å². The van der Waals surface area contributed by atoms with Crippen LogP contribution in [0.1, 0.15) is 25.8 Å². The number of hydrogen-bond donors (Lipinski definition) is 1. The van der Waals surface area contributed by atoms with E-state index >= 15 is 0 Å². The Morgan fingerprint density at radius 2 is 1.80 bits per heavy atom. The topological polar surface area (TPSA) is 84.9 Å². The first-order valence-electron chi connectivity index (χ1n) is 9.89. The zero-order valence-electron chi connectivity index (χ0n) is 17.9. The monoisotopic (exact) mass is 434 g/mol. The average molecular weight is 435 g/mol. The molecule has 0 unspecified atom stereocenters. The third-order valence-corrected chi connectivity index (χ3v) is 5.85. The van der Waals surface area contributed by atoms with Gasteiger partial charge in [0.2, 0.25) is 15.9 Å². The Morgan fingerprint density at radius 3 is 2.40 bits per heavy atom. The first kappa shape index (κ1) is 23.5. The summed E-state index contributed by atoms with van der Waals surface area (Å²) < 4.78 is 36.6. The number of methoxy groups -OCH3 is 1. The Bertz CT molecular complexity index is 929. The number of hydrogen-bond acceptors (Lipinski definition) is 5. The average Bonchev–Trinajstić information content (AvgIpc) is 2.72. The lowest BCUT2D eigenvalue weighted by Gasteiger charge is -2.28. The first-order valence-corrected chi connectivity index (χ1v) is 11.7. The van der Waals surface area contributed by atoms with Gasteiger partial charge >= 0.3 is 0 Å². The summed E-state index contributed by atoms with van der Waals surface area (Å²) in [5.41, 5.74) is 1.48. The summed E-state index contributed by atoms with van der Waals surface area (Å²) >= 11 is 0. The number of amides is 1. The van der Waals surface area contributed by atoms with Gasteiger partial charge in [-0.05, 0) is 62.6 Å². The highest BCUT2D eigenvalue weighted by atomic mass is 32.2. The van der Waals surface area contributed by atoms with E-state index in [9.17, 15) is 13.2 Å². The van der Waals surface area contributed by atoms with Crippen molar-refractivity contribution in [1.29, 1.82) is 0 Å². The standard InChI is InChI=1S/C22H30N2O5S/c1-5-29-20-14-12-19(13-15-20)24(30(4,26)27)17(2)22(25)23-16-8-10-18-9-6-7-11-21(18)28-3/h6-7,9,11-15,17H,5,8,10,16H2,1-4H3,(H,23,25)/t17-/m0/s1. The second kappa shape index (κ2) is 10.9. The summed E-state index contributed by atoms with van der Waals surface area (Å²) in [4.78, 5) is 12.6. The minimum atomic E-state index is -3.65. The van der Waals surface area contributed by atoms with Crippen molar-refractivity contribution >= 4 is 21.6 Å². The largest absolute Gasteiger partial charge is 0.496 e. The predicted molar refractivity (Wildman–Crippen MR) is 119 cm³/mol. The molecule has 0 fully saturated rings. The number of carbonyl (C=O) groups excluding carboxylic acids is 1. The molecule has 2 aromatic rings. The van der Waals surface area contributed by atoms with Crippen molar-refractivity contribution in [1.82, 2.24) is 5.32 Å². The molecule has 1 amide bonds. The van der Waals surface area contributed by atoms with Crippen molar-refractivity contribution in [2.24, 2.45) is 0 Å². The molecule has 8 heteroatoms. The Hall–Kier alpha value is -2.74. The van der Waals surface area contributed by atoms with Crippen LogP contribution in [0, 0.1) is 0 Å². The minimum absolute atomic E-state index is 0.352. The lowest BCUT2D eigenvalue weighted by atomic mass is 10.1. The summed E-state index contributed by atoms with van der Waals surface area (Å²) in [6.07, 6.45) is 2.54. The van der Waals surface area contributed by atoms with Crippen LogP contribution in [0.15, 0.2) is 48.5 Å². The number of ether oxygens (including phenoxy) is 2. The van der Waals surface area contributed by atoms with Crippen molar-refractivity contribution in [3.8, 4) is 11.5 Å². The molecule has 0 radical (unpaired) electrons. The summed E-state index contributed by atoms with van der Waals surface area (Å²) in [6, 6.07) is 13.5. The van der Waals surface area contributed by atoms with Gasteiger partial charge in [-0.1, -0.05) is 18.2 Å². The number of anilines is 1. The van der Waals surface area contributed by atoms with Gasteiger partial charge < -0.3 is 14.8 Å². The third-order valence-electron chi connectivity index (χ3n) is 4.61. The van der Waals surface area contributed by atoms with Crippen LogP contribution in [-0.4, -0.2) is 46.9 Å². The van der Waals surface area contributed by atoms with Crippen molar-refractivity contribution in [3.05, 3.63) is 54.1 Å². The van der Waals surface area contributed by atoms with E-state index in [1.165, 1.54) is 0 Å². The fourth-order valence-corrected chi connectivity index (χ4v) is 4.39. The van der Waals surface area contributed by atoms with E-state index in [0.29, 0.717) is 31.0 Å². The number of nitrogens with zero attached hydrogens (tertiary/aromatic N) is 1. The van der Waals surface area contributed by atoms with E-state index in [4.69, 9.17) is 9.47 Å². The van der Waals surface area contributed by atoms with Crippen LogP contribution in [0.4, 0.5) is 5.69 Å². The molecule has 0 spiro atoms. The van der Waals surface area contributed by atoms with Crippen molar-refractivity contribution in [2.45, 2.75) is 32.7 Å². The number of rotatable bonds is 11.